The number of fused-ring (bicyclic) bond motifs is 2. The van der Waals surface area contributed by atoms with E-state index in [9.17, 15) is 0 Å². The quantitative estimate of drug-likeness (QED) is 0.356. The Balaban J connectivity index is 1.84. The average Bonchev–Trinajstić information content (AvgIpc) is 3.48. The molecule has 0 saturated heterocycles. The molecule has 4 aromatic carbocycles. The molecule has 0 atom stereocenters. The van der Waals surface area contributed by atoms with Crippen molar-refractivity contribution in [2.75, 3.05) is 0 Å². The molecule has 2 aliphatic rings. The summed E-state index contributed by atoms with van der Waals surface area (Å²) in [6.07, 6.45) is 7.77. The minimum absolute atomic E-state index is 0.986. The van der Waals surface area contributed by atoms with Crippen molar-refractivity contribution in [3.05, 3.63) is 158 Å². The second kappa shape index (κ2) is 8.16. The summed E-state index contributed by atoms with van der Waals surface area (Å²) in [6.45, 7) is 0. The molecule has 4 aromatic rings. The van der Waals surface area contributed by atoms with E-state index in [1.165, 1.54) is 82.3 Å². The molecule has 0 fully saturated rings. The van der Waals surface area contributed by atoms with E-state index in [1.54, 1.807) is 0 Å². The molecular formula is C31H21Zr. The van der Waals surface area contributed by atoms with Crippen molar-refractivity contribution >= 4 is 14.4 Å². The van der Waals surface area contributed by atoms with Crippen molar-refractivity contribution in [3.8, 4) is 0 Å². The van der Waals surface area contributed by atoms with Gasteiger partial charge in [0.2, 0.25) is 0 Å². The topological polar surface area (TPSA) is 0 Å². The van der Waals surface area contributed by atoms with Gasteiger partial charge in [-0.1, -0.05) is 0 Å². The Morgan fingerprint density at radius 3 is 1.84 bits per heavy atom. The Hall–Kier alpha value is -3.02. The van der Waals surface area contributed by atoms with Crippen molar-refractivity contribution in [1.29, 1.82) is 0 Å². The molecule has 32 heavy (non-hydrogen) atoms. The first-order valence-electron chi connectivity index (χ1n) is 11.0. The molecule has 0 bridgehead atoms. The van der Waals surface area contributed by atoms with Gasteiger partial charge < -0.3 is 0 Å². The molecule has 0 saturated carbocycles. The average molecular weight is 485 g/mol. The molecule has 0 amide bonds. The van der Waals surface area contributed by atoms with Crippen LogP contribution in [0.4, 0.5) is 0 Å². The van der Waals surface area contributed by atoms with Crippen LogP contribution in [0.2, 0.25) is 0 Å². The van der Waals surface area contributed by atoms with Crippen molar-refractivity contribution in [2.24, 2.45) is 0 Å². The van der Waals surface area contributed by atoms with Crippen LogP contribution in [0.1, 0.15) is 28.7 Å². The maximum absolute atomic E-state index is 2.36. The molecule has 0 unspecified atom stereocenters. The van der Waals surface area contributed by atoms with Gasteiger partial charge in [-0.25, -0.2) is 0 Å². The van der Waals surface area contributed by atoms with Crippen LogP contribution in [-0.2, 0) is 24.7 Å². The minimum atomic E-state index is 0.986. The summed E-state index contributed by atoms with van der Waals surface area (Å²) >= 11 is 1.46. The molecule has 0 N–H and O–H groups in total. The third-order valence-corrected chi connectivity index (χ3v) is 7.71. The molecule has 0 aromatic heterocycles. The van der Waals surface area contributed by atoms with Crippen molar-refractivity contribution in [1.82, 2.24) is 0 Å². The van der Waals surface area contributed by atoms with Crippen molar-refractivity contribution < 1.29 is 24.7 Å². The summed E-state index contributed by atoms with van der Waals surface area (Å²) in [5.41, 5.74) is 8.06. The van der Waals surface area contributed by atoms with Crippen LogP contribution in [0.15, 0.2) is 115 Å². The van der Waals surface area contributed by atoms with Gasteiger partial charge in [0.05, 0.1) is 0 Å². The van der Waals surface area contributed by atoms with E-state index in [0.717, 1.165) is 6.42 Å². The number of rotatable bonds is 3. The summed E-state index contributed by atoms with van der Waals surface area (Å²) in [6, 6.07) is 35.3. The SMILES string of the molecule is [Zr][C]1=c2ccccc2=c2ccc(=C(c3ccccc3)c3ccccc3)c(C3=CC=CC3)c21. The van der Waals surface area contributed by atoms with Gasteiger partial charge in [-0.05, 0) is 0 Å². The van der Waals surface area contributed by atoms with Gasteiger partial charge in [0, 0.05) is 0 Å². The Morgan fingerprint density at radius 1 is 0.594 bits per heavy atom. The molecule has 0 heterocycles. The molecule has 0 aliphatic heterocycles. The molecular weight excluding hydrogens is 464 g/mol. The van der Waals surface area contributed by atoms with Crippen LogP contribution >= 0.6 is 0 Å². The number of hydrogen-bond donors (Lipinski definition) is 0. The number of benzene rings is 4. The van der Waals surface area contributed by atoms with Crippen LogP contribution in [0.3, 0.4) is 0 Å². The summed E-state index contributed by atoms with van der Waals surface area (Å²) in [7, 11) is 0. The van der Waals surface area contributed by atoms with Gasteiger partial charge in [-0.15, -0.1) is 0 Å². The maximum atomic E-state index is 2.36. The van der Waals surface area contributed by atoms with Crippen LogP contribution in [0.25, 0.3) is 14.4 Å². The van der Waals surface area contributed by atoms with E-state index in [0.29, 0.717) is 0 Å². The van der Waals surface area contributed by atoms with Crippen LogP contribution in [0, 0.1) is 10.4 Å². The van der Waals surface area contributed by atoms with Gasteiger partial charge in [0.15, 0.2) is 0 Å². The Morgan fingerprint density at radius 2 is 1.22 bits per heavy atom. The monoisotopic (exact) mass is 483 g/mol. The standard InChI is InChI=1S/C31H21.Zr/c1-3-11-22(12-4-1)30(23-13-5-2-6-14-23)28-20-19-27-26-18-10-9-17-25(26)21-29(27)31(28)24-15-7-8-16-24;/h1-15,17-20H,16H2;. The second-order valence-corrected chi connectivity index (χ2v) is 9.49. The van der Waals surface area contributed by atoms with Crippen LogP contribution < -0.4 is 10.4 Å². The van der Waals surface area contributed by atoms with Crippen molar-refractivity contribution in [2.45, 2.75) is 6.42 Å². The van der Waals surface area contributed by atoms with Crippen LogP contribution in [-0.4, -0.2) is 0 Å². The Kier molecular flexibility index (Phi) is 5.01. The van der Waals surface area contributed by atoms with Crippen LogP contribution in [0.5, 0.6) is 0 Å². The molecule has 0 radical (unpaired) electrons. The van der Waals surface area contributed by atoms with E-state index in [1.807, 2.05) is 0 Å². The summed E-state index contributed by atoms with van der Waals surface area (Å²) in [5, 5.41) is 5.46. The van der Waals surface area contributed by atoms with E-state index >= 15 is 0 Å². The fourth-order valence-electron chi connectivity index (χ4n) is 5.02. The predicted octanol–water partition coefficient (Wildman–Crippen LogP) is 5.58. The van der Waals surface area contributed by atoms with E-state index < -0.39 is 0 Å². The van der Waals surface area contributed by atoms with E-state index in [-0.39, 0.29) is 0 Å². The van der Waals surface area contributed by atoms with E-state index in [4.69, 9.17) is 0 Å². The number of allylic oxidation sites excluding steroid dienone is 4. The molecule has 1 heteroatoms. The van der Waals surface area contributed by atoms with Gasteiger partial charge in [-0.3, -0.25) is 0 Å². The normalized spacial score (nSPS) is 13.6. The fraction of sp³-hybridized carbons (Fsp3) is 0.0323. The molecule has 0 nitrogen and oxygen atoms in total. The first kappa shape index (κ1) is 19.7. The first-order chi connectivity index (χ1) is 15.8. The van der Waals surface area contributed by atoms with Gasteiger partial charge >= 0.3 is 204 Å². The van der Waals surface area contributed by atoms with Gasteiger partial charge in [0.25, 0.3) is 0 Å². The zero-order valence-corrected chi connectivity index (χ0v) is 20.1. The third-order valence-electron chi connectivity index (χ3n) is 6.43. The Bertz CT molecular complexity index is 1580. The number of hydrogen-bond acceptors (Lipinski definition) is 0. The predicted molar refractivity (Wildman–Crippen MR) is 129 cm³/mol. The Labute approximate surface area is 203 Å². The first-order valence-corrected chi connectivity index (χ1v) is 12.3. The molecule has 0 spiro atoms. The fourth-order valence-corrected chi connectivity index (χ4v) is 6.19. The van der Waals surface area contributed by atoms with Gasteiger partial charge in [-0.2, -0.15) is 0 Å². The molecule has 2 aliphatic carbocycles. The molecule has 149 valence electrons. The second-order valence-electron chi connectivity index (χ2n) is 8.26. The summed E-state index contributed by atoms with van der Waals surface area (Å²) < 4.78 is 1.47. The zero-order valence-electron chi connectivity index (χ0n) is 17.7. The third kappa shape index (κ3) is 3.16. The molecule has 6 rings (SSSR count). The zero-order chi connectivity index (χ0) is 21.5. The van der Waals surface area contributed by atoms with Gasteiger partial charge in [0.1, 0.15) is 0 Å². The van der Waals surface area contributed by atoms with Crippen molar-refractivity contribution in [3.63, 3.8) is 0 Å². The summed E-state index contributed by atoms with van der Waals surface area (Å²) in [4.78, 5) is 0. The summed E-state index contributed by atoms with van der Waals surface area (Å²) in [5.74, 6) is 0. The van der Waals surface area contributed by atoms with E-state index in [2.05, 4.69) is 115 Å².